The number of rotatable bonds is 4. The summed E-state index contributed by atoms with van der Waals surface area (Å²) in [4.78, 5) is 12.0. The molecule has 0 saturated heterocycles. The van der Waals surface area contributed by atoms with E-state index < -0.39 is 0 Å². The number of hydrogen-bond acceptors (Lipinski definition) is 1. The molecule has 2 rings (SSSR count). The number of carbonyl (C=O) groups excluding carboxylic acids is 1. The molecular formula is C17H19NO. The van der Waals surface area contributed by atoms with Crippen LogP contribution in [0.4, 0.5) is 0 Å². The number of benzene rings is 2. The van der Waals surface area contributed by atoms with Crippen LogP contribution >= 0.6 is 0 Å². The fraction of sp³-hybridized carbons (Fsp3) is 0.235. The van der Waals surface area contributed by atoms with E-state index in [0.29, 0.717) is 12.1 Å². The van der Waals surface area contributed by atoms with Crippen molar-refractivity contribution in [3.8, 4) is 0 Å². The fourth-order valence-electron chi connectivity index (χ4n) is 1.88. The summed E-state index contributed by atoms with van der Waals surface area (Å²) in [5.41, 5.74) is 4.30. The molecule has 2 nitrogen and oxygen atoms in total. The van der Waals surface area contributed by atoms with E-state index in [1.807, 2.05) is 36.4 Å². The van der Waals surface area contributed by atoms with E-state index in [4.69, 9.17) is 0 Å². The van der Waals surface area contributed by atoms with Gasteiger partial charge in [-0.2, -0.15) is 0 Å². The second-order valence-corrected chi connectivity index (χ2v) is 4.72. The minimum absolute atomic E-state index is 0.0248. The third-order valence-corrected chi connectivity index (χ3v) is 3.20. The van der Waals surface area contributed by atoms with Crippen LogP contribution in [0.3, 0.4) is 0 Å². The van der Waals surface area contributed by atoms with Crippen molar-refractivity contribution in [2.24, 2.45) is 0 Å². The van der Waals surface area contributed by atoms with E-state index >= 15 is 0 Å². The average molecular weight is 253 g/mol. The van der Waals surface area contributed by atoms with E-state index in [2.05, 4.69) is 31.3 Å². The molecule has 1 amide bonds. The van der Waals surface area contributed by atoms with Gasteiger partial charge in [0.1, 0.15) is 0 Å². The smallest absolute Gasteiger partial charge is 0.251 e. The van der Waals surface area contributed by atoms with Gasteiger partial charge in [-0.1, -0.05) is 48.9 Å². The van der Waals surface area contributed by atoms with Crippen LogP contribution in [-0.2, 0) is 13.0 Å². The molecule has 0 fully saturated rings. The zero-order chi connectivity index (χ0) is 13.7. The Bertz CT molecular complexity index is 540. The van der Waals surface area contributed by atoms with Gasteiger partial charge < -0.3 is 5.32 Å². The summed E-state index contributed by atoms with van der Waals surface area (Å²) in [6.07, 6.45) is 0.991. The van der Waals surface area contributed by atoms with E-state index in [-0.39, 0.29) is 5.91 Å². The third-order valence-electron chi connectivity index (χ3n) is 3.20. The predicted molar refractivity (Wildman–Crippen MR) is 78.2 cm³/mol. The topological polar surface area (TPSA) is 29.1 Å². The van der Waals surface area contributed by atoms with Crippen molar-refractivity contribution < 1.29 is 4.79 Å². The van der Waals surface area contributed by atoms with Crippen molar-refractivity contribution >= 4 is 5.91 Å². The molecule has 0 aliphatic heterocycles. The molecule has 0 bridgehead atoms. The highest BCUT2D eigenvalue weighted by Crippen LogP contribution is 2.06. The molecule has 0 aliphatic carbocycles. The third kappa shape index (κ3) is 3.68. The number of aryl methyl sites for hydroxylation is 2. The molecular weight excluding hydrogens is 234 g/mol. The van der Waals surface area contributed by atoms with Crippen LogP contribution in [0.2, 0.25) is 0 Å². The van der Waals surface area contributed by atoms with Gasteiger partial charge in [-0.3, -0.25) is 4.79 Å². The van der Waals surface area contributed by atoms with Gasteiger partial charge in [0.25, 0.3) is 5.91 Å². The van der Waals surface area contributed by atoms with Crippen LogP contribution in [-0.4, -0.2) is 5.91 Å². The van der Waals surface area contributed by atoms with E-state index in [1.54, 1.807) is 0 Å². The molecule has 0 unspecified atom stereocenters. The first-order valence-electron chi connectivity index (χ1n) is 6.61. The minimum Gasteiger partial charge on any atom is -0.348 e. The summed E-state index contributed by atoms with van der Waals surface area (Å²) < 4.78 is 0. The van der Waals surface area contributed by atoms with E-state index in [9.17, 15) is 4.79 Å². The maximum Gasteiger partial charge on any atom is 0.251 e. The van der Waals surface area contributed by atoms with Gasteiger partial charge in [-0.05, 0) is 36.6 Å². The van der Waals surface area contributed by atoms with Crippen LogP contribution in [0, 0.1) is 6.92 Å². The number of carbonyl (C=O) groups is 1. The lowest BCUT2D eigenvalue weighted by Crippen LogP contribution is -2.22. The number of hydrogen-bond donors (Lipinski definition) is 1. The molecule has 2 aromatic carbocycles. The van der Waals surface area contributed by atoms with E-state index in [0.717, 1.165) is 12.0 Å². The molecule has 0 radical (unpaired) electrons. The van der Waals surface area contributed by atoms with Crippen molar-refractivity contribution in [2.75, 3.05) is 0 Å². The van der Waals surface area contributed by atoms with E-state index in [1.165, 1.54) is 11.1 Å². The highest BCUT2D eigenvalue weighted by atomic mass is 16.1. The molecule has 0 spiro atoms. The lowest BCUT2D eigenvalue weighted by Gasteiger charge is -2.06. The summed E-state index contributed by atoms with van der Waals surface area (Å²) in [6.45, 7) is 4.72. The summed E-state index contributed by atoms with van der Waals surface area (Å²) >= 11 is 0. The highest BCUT2D eigenvalue weighted by Gasteiger charge is 2.04. The molecule has 98 valence electrons. The van der Waals surface area contributed by atoms with Gasteiger partial charge in [0.15, 0.2) is 0 Å². The zero-order valence-electron chi connectivity index (χ0n) is 11.4. The number of amides is 1. The fourth-order valence-corrected chi connectivity index (χ4v) is 1.88. The Balaban J connectivity index is 1.95. The van der Waals surface area contributed by atoms with Crippen LogP contribution in [0.15, 0.2) is 48.5 Å². The summed E-state index contributed by atoms with van der Waals surface area (Å²) in [5, 5.41) is 2.93. The van der Waals surface area contributed by atoms with Gasteiger partial charge in [0.05, 0.1) is 0 Å². The summed E-state index contributed by atoms with van der Waals surface area (Å²) in [7, 11) is 0. The highest BCUT2D eigenvalue weighted by molar-refractivity contribution is 5.94. The molecule has 1 N–H and O–H groups in total. The van der Waals surface area contributed by atoms with Crippen LogP contribution in [0.1, 0.15) is 34.0 Å². The van der Waals surface area contributed by atoms with Crippen molar-refractivity contribution in [3.05, 3.63) is 70.8 Å². The Labute approximate surface area is 114 Å². The van der Waals surface area contributed by atoms with Gasteiger partial charge in [0.2, 0.25) is 0 Å². The van der Waals surface area contributed by atoms with Crippen LogP contribution in [0.25, 0.3) is 0 Å². The van der Waals surface area contributed by atoms with Crippen molar-refractivity contribution in [3.63, 3.8) is 0 Å². The normalized spacial score (nSPS) is 10.2. The van der Waals surface area contributed by atoms with Gasteiger partial charge >= 0.3 is 0 Å². The van der Waals surface area contributed by atoms with Crippen LogP contribution < -0.4 is 5.32 Å². The Hall–Kier alpha value is -2.09. The largest absolute Gasteiger partial charge is 0.348 e. The molecule has 0 saturated carbocycles. The Morgan fingerprint density at radius 1 is 0.947 bits per heavy atom. The summed E-state index contributed by atoms with van der Waals surface area (Å²) in [6, 6.07) is 15.9. The van der Waals surface area contributed by atoms with Crippen molar-refractivity contribution in [1.29, 1.82) is 0 Å². The summed E-state index contributed by atoms with van der Waals surface area (Å²) in [5.74, 6) is -0.0248. The van der Waals surface area contributed by atoms with Gasteiger partial charge in [0, 0.05) is 12.1 Å². The number of nitrogens with one attached hydrogen (secondary N) is 1. The first-order valence-corrected chi connectivity index (χ1v) is 6.61. The zero-order valence-corrected chi connectivity index (χ0v) is 11.4. The quantitative estimate of drug-likeness (QED) is 0.888. The molecule has 0 aromatic heterocycles. The lowest BCUT2D eigenvalue weighted by atomic mass is 10.1. The van der Waals surface area contributed by atoms with Crippen molar-refractivity contribution in [2.45, 2.75) is 26.8 Å². The second-order valence-electron chi connectivity index (χ2n) is 4.72. The van der Waals surface area contributed by atoms with Gasteiger partial charge in [-0.25, -0.2) is 0 Å². The first kappa shape index (κ1) is 13.3. The predicted octanol–water partition coefficient (Wildman–Crippen LogP) is 3.49. The van der Waals surface area contributed by atoms with Crippen molar-refractivity contribution in [1.82, 2.24) is 5.32 Å². The molecule has 2 aromatic rings. The Morgan fingerprint density at radius 3 is 2.11 bits per heavy atom. The Morgan fingerprint density at radius 2 is 1.53 bits per heavy atom. The first-order chi connectivity index (χ1) is 9.19. The SMILES string of the molecule is CCc1ccc(C(=O)NCc2ccc(C)cc2)cc1. The molecule has 0 atom stereocenters. The molecule has 0 aliphatic rings. The maximum absolute atomic E-state index is 12.0. The Kier molecular flexibility index (Phi) is 4.35. The monoisotopic (exact) mass is 253 g/mol. The molecule has 0 heterocycles. The van der Waals surface area contributed by atoms with Crippen LogP contribution in [0.5, 0.6) is 0 Å². The minimum atomic E-state index is -0.0248. The molecule has 2 heteroatoms. The second kappa shape index (κ2) is 6.19. The average Bonchev–Trinajstić information content (AvgIpc) is 2.46. The molecule has 19 heavy (non-hydrogen) atoms. The van der Waals surface area contributed by atoms with Gasteiger partial charge in [-0.15, -0.1) is 0 Å². The lowest BCUT2D eigenvalue weighted by molar-refractivity contribution is 0.0951. The standard InChI is InChI=1S/C17H19NO/c1-3-14-8-10-16(11-9-14)17(19)18-12-15-6-4-13(2)5-7-15/h4-11H,3,12H2,1-2H3,(H,18,19). The maximum atomic E-state index is 12.0.